The Labute approximate surface area is 213 Å². The van der Waals surface area contributed by atoms with E-state index < -0.39 is 0 Å². The highest BCUT2D eigenvalue weighted by Crippen LogP contribution is 2.44. The van der Waals surface area contributed by atoms with Crippen molar-refractivity contribution in [3.8, 4) is 5.69 Å². The molecule has 0 amide bonds. The average molecular weight is 481 g/mol. The van der Waals surface area contributed by atoms with Crippen molar-refractivity contribution in [2.24, 2.45) is 0 Å². The van der Waals surface area contributed by atoms with Crippen molar-refractivity contribution in [2.45, 2.75) is 53.6 Å². The molecule has 1 N–H and O–H groups in total. The van der Waals surface area contributed by atoms with E-state index in [1.807, 2.05) is 18.3 Å². The van der Waals surface area contributed by atoms with Gasteiger partial charge in [0, 0.05) is 23.3 Å². The van der Waals surface area contributed by atoms with Gasteiger partial charge in [-0.3, -0.25) is 4.98 Å². The van der Waals surface area contributed by atoms with Gasteiger partial charge < -0.3 is 14.8 Å². The lowest BCUT2D eigenvalue weighted by atomic mass is 9.96. The average Bonchev–Trinajstić information content (AvgIpc) is 3.30. The van der Waals surface area contributed by atoms with Gasteiger partial charge in [-0.05, 0) is 106 Å². The third-order valence-corrected chi connectivity index (χ3v) is 7.34. The zero-order valence-electron chi connectivity index (χ0n) is 21.3. The normalized spacial score (nSPS) is 17.7. The van der Waals surface area contributed by atoms with Crippen LogP contribution in [0.15, 0.2) is 66.9 Å². The molecule has 5 heteroatoms. The molecule has 1 aliphatic heterocycles. The van der Waals surface area contributed by atoms with Gasteiger partial charge in [0.25, 0.3) is 0 Å². The molecular weight excluding hydrogens is 448 g/mol. The summed E-state index contributed by atoms with van der Waals surface area (Å²) in [5.74, 6) is 0. The largest absolute Gasteiger partial charge is 0.351 e. The summed E-state index contributed by atoms with van der Waals surface area (Å²) >= 11 is 5.93. The number of hydrogen-bond acceptors (Lipinski definition) is 2. The third kappa shape index (κ3) is 4.04. The van der Waals surface area contributed by atoms with Gasteiger partial charge in [0.05, 0.1) is 23.5 Å². The Morgan fingerprint density at radius 1 is 0.829 bits per heavy atom. The number of benzene rings is 2. The molecule has 1 saturated heterocycles. The van der Waals surface area contributed by atoms with Crippen LogP contribution in [0.5, 0.6) is 0 Å². The van der Waals surface area contributed by atoms with E-state index in [4.69, 9.17) is 17.2 Å². The number of aryl methyl sites for hydroxylation is 5. The van der Waals surface area contributed by atoms with Crippen molar-refractivity contribution in [3.05, 3.63) is 112 Å². The first-order valence-corrected chi connectivity index (χ1v) is 12.5. The molecule has 0 aliphatic carbocycles. The lowest BCUT2D eigenvalue weighted by Crippen LogP contribution is -2.29. The number of nitrogens with zero attached hydrogens (tertiary/aromatic N) is 3. The molecule has 0 bridgehead atoms. The van der Waals surface area contributed by atoms with E-state index in [1.54, 1.807) is 0 Å². The van der Waals surface area contributed by atoms with Crippen LogP contribution in [0.1, 0.15) is 57.0 Å². The first-order chi connectivity index (χ1) is 16.8. The summed E-state index contributed by atoms with van der Waals surface area (Å²) in [5.41, 5.74) is 12.1. The summed E-state index contributed by atoms with van der Waals surface area (Å²) < 4.78 is 2.41. The summed E-state index contributed by atoms with van der Waals surface area (Å²) in [5, 5.41) is 4.32. The van der Waals surface area contributed by atoms with Gasteiger partial charge in [0.15, 0.2) is 5.11 Å². The fraction of sp³-hybridized carbons (Fsp3) is 0.267. The Balaban J connectivity index is 1.72. The van der Waals surface area contributed by atoms with Gasteiger partial charge in [-0.15, -0.1) is 0 Å². The second kappa shape index (κ2) is 8.97. The van der Waals surface area contributed by atoms with E-state index >= 15 is 0 Å². The van der Waals surface area contributed by atoms with Crippen molar-refractivity contribution >= 4 is 23.0 Å². The molecule has 178 valence electrons. The van der Waals surface area contributed by atoms with Crippen LogP contribution < -0.4 is 10.2 Å². The summed E-state index contributed by atoms with van der Waals surface area (Å²) in [4.78, 5) is 6.98. The number of hydrogen-bond donors (Lipinski definition) is 1. The lowest BCUT2D eigenvalue weighted by molar-refractivity contribution is 0.565. The molecule has 35 heavy (non-hydrogen) atoms. The molecule has 2 aromatic heterocycles. The molecule has 4 aromatic rings. The van der Waals surface area contributed by atoms with Gasteiger partial charge in [-0.25, -0.2) is 0 Å². The molecule has 4 nitrogen and oxygen atoms in total. The van der Waals surface area contributed by atoms with Gasteiger partial charge in [-0.2, -0.15) is 0 Å². The molecule has 0 saturated carbocycles. The minimum absolute atomic E-state index is 0.0230. The second-order valence-corrected chi connectivity index (χ2v) is 10.1. The Morgan fingerprint density at radius 3 is 2.23 bits per heavy atom. The first kappa shape index (κ1) is 23.3. The summed E-state index contributed by atoms with van der Waals surface area (Å²) in [6, 6.07) is 21.4. The number of anilines is 1. The Kier molecular flexibility index (Phi) is 5.97. The zero-order valence-corrected chi connectivity index (χ0v) is 22.1. The predicted octanol–water partition coefficient (Wildman–Crippen LogP) is 6.90. The highest BCUT2D eigenvalue weighted by molar-refractivity contribution is 7.80. The monoisotopic (exact) mass is 480 g/mol. The van der Waals surface area contributed by atoms with E-state index in [1.165, 1.54) is 44.9 Å². The van der Waals surface area contributed by atoms with Crippen LogP contribution in [-0.4, -0.2) is 14.7 Å². The van der Waals surface area contributed by atoms with Gasteiger partial charge in [-0.1, -0.05) is 35.9 Å². The fourth-order valence-corrected chi connectivity index (χ4v) is 6.03. The van der Waals surface area contributed by atoms with Gasteiger partial charge in [0.1, 0.15) is 0 Å². The Morgan fingerprint density at radius 2 is 1.57 bits per heavy atom. The number of aromatic nitrogens is 2. The van der Waals surface area contributed by atoms with Crippen LogP contribution in [0.25, 0.3) is 5.69 Å². The highest BCUT2D eigenvalue weighted by atomic mass is 32.1. The molecular formula is C30H32N4S. The third-order valence-electron chi connectivity index (χ3n) is 7.03. The van der Waals surface area contributed by atoms with Crippen LogP contribution in [-0.2, 0) is 0 Å². The van der Waals surface area contributed by atoms with Crippen molar-refractivity contribution < 1.29 is 0 Å². The SMILES string of the molecule is Cc1cccc(N2C(=S)N[C@H](c3ccccn3)[C@H]2c2cc(C)n(-c3c(C)cc(C)cc3C)c2C)c1. The van der Waals surface area contributed by atoms with Crippen molar-refractivity contribution in [1.82, 2.24) is 14.9 Å². The first-order valence-electron chi connectivity index (χ1n) is 12.1. The van der Waals surface area contributed by atoms with Crippen molar-refractivity contribution in [2.75, 3.05) is 4.90 Å². The van der Waals surface area contributed by atoms with E-state index in [0.717, 1.165) is 16.5 Å². The number of pyridine rings is 1. The molecule has 5 rings (SSSR count). The minimum Gasteiger partial charge on any atom is -0.351 e. The minimum atomic E-state index is -0.0571. The van der Waals surface area contributed by atoms with Gasteiger partial charge in [0.2, 0.25) is 0 Å². The van der Waals surface area contributed by atoms with Crippen LogP contribution in [0, 0.1) is 41.5 Å². The zero-order chi connectivity index (χ0) is 24.9. The maximum absolute atomic E-state index is 5.93. The van der Waals surface area contributed by atoms with Crippen LogP contribution in [0.3, 0.4) is 0 Å². The quantitative estimate of drug-likeness (QED) is 0.322. The fourth-order valence-electron chi connectivity index (χ4n) is 5.68. The number of nitrogens with one attached hydrogen (secondary N) is 1. The number of rotatable bonds is 4. The molecule has 3 heterocycles. The van der Waals surface area contributed by atoms with E-state index in [0.29, 0.717) is 0 Å². The predicted molar refractivity (Wildman–Crippen MR) is 149 cm³/mol. The Bertz CT molecular complexity index is 1400. The molecule has 1 fully saturated rings. The topological polar surface area (TPSA) is 33.1 Å². The van der Waals surface area contributed by atoms with E-state index in [-0.39, 0.29) is 12.1 Å². The van der Waals surface area contributed by atoms with E-state index in [9.17, 15) is 0 Å². The summed E-state index contributed by atoms with van der Waals surface area (Å²) in [6.07, 6.45) is 1.86. The summed E-state index contributed by atoms with van der Waals surface area (Å²) in [7, 11) is 0. The van der Waals surface area contributed by atoms with Crippen molar-refractivity contribution in [3.63, 3.8) is 0 Å². The van der Waals surface area contributed by atoms with Crippen LogP contribution in [0.2, 0.25) is 0 Å². The number of thiocarbonyl (C=S) groups is 1. The lowest BCUT2D eigenvalue weighted by Gasteiger charge is -2.28. The van der Waals surface area contributed by atoms with Gasteiger partial charge >= 0.3 is 0 Å². The van der Waals surface area contributed by atoms with E-state index in [2.05, 4.69) is 105 Å². The van der Waals surface area contributed by atoms with Crippen LogP contribution >= 0.6 is 12.2 Å². The smallest absolute Gasteiger partial charge is 0.174 e. The summed E-state index contributed by atoms with van der Waals surface area (Å²) in [6.45, 7) is 13.1. The molecule has 2 atom stereocenters. The second-order valence-electron chi connectivity index (χ2n) is 9.74. The molecule has 0 spiro atoms. The molecule has 2 aromatic carbocycles. The maximum Gasteiger partial charge on any atom is 0.174 e. The van der Waals surface area contributed by atoms with Crippen LogP contribution in [0.4, 0.5) is 5.69 Å². The Hall–Kier alpha value is -3.44. The highest BCUT2D eigenvalue weighted by Gasteiger charge is 2.42. The standard InChI is InChI=1S/C30H32N4S/c1-18-10-9-11-24(16-18)34-29(27(32-30(34)35)26-12-7-8-13-31-26)25-17-22(5)33(23(25)6)28-20(3)14-19(2)15-21(28)4/h7-17,27,29H,1-6H3,(H,32,35)/t27-,29-/m1/s1. The molecule has 0 radical (unpaired) electrons. The molecule has 0 unspecified atom stereocenters. The maximum atomic E-state index is 5.93. The molecule has 1 aliphatic rings. The van der Waals surface area contributed by atoms with Crippen molar-refractivity contribution in [1.29, 1.82) is 0 Å².